The van der Waals surface area contributed by atoms with Gasteiger partial charge in [0.25, 0.3) is 0 Å². The van der Waals surface area contributed by atoms with Crippen molar-refractivity contribution < 1.29 is 24.5 Å². The minimum absolute atomic E-state index is 0. The molecular formula is C45H40IrN2OS-2. The van der Waals surface area contributed by atoms with Gasteiger partial charge >= 0.3 is 0 Å². The van der Waals surface area contributed by atoms with E-state index >= 15 is 0 Å². The molecule has 0 amide bonds. The van der Waals surface area contributed by atoms with Gasteiger partial charge in [-0.05, 0) is 90.9 Å². The number of aromatic nitrogens is 2. The first-order chi connectivity index (χ1) is 23.5. The molecule has 50 heavy (non-hydrogen) atoms. The van der Waals surface area contributed by atoms with Crippen LogP contribution in [0.15, 0.2) is 102 Å². The van der Waals surface area contributed by atoms with E-state index in [9.17, 15) is 0 Å². The molecule has 4 aromatic carbocycles. The van der Waals surface area contributed by atoms with Crippen LogP contribution in [0.25, 0.3) is 65.7 Å². The first-order valence-electron chi connectivity index (χ1n) is 16.7. The van der Waals surface area contributed by atoms with E-state index in [1.54, 1.807) is 0 Å². The minimum Gasteiger partial charge on any atom is -0.500 e. The van der Waals surface area contributed by atoms with Gasteiger partial charge < -0.3 is 14.4 Å². The van der Waals surface area contributed by atoms with Crippen LogP contribution in [0.3, 0.4) is 0 Å². The first-order valence-corrected chi connectivity index (χ1v) is 17.6. The summed E-state index contributed by atoms with van der Waals surface area (Å²) in [5.41, 5.74) is 14.4. The smallest absolute Gasteiger partial charge is 0.129 e. The van der Waals surface area contributed by atoms with Gasteiger partial charge in [-0.2, -0.15) is 0 Å². The Balaban J connectivity index is 0.000000260. The third kappa shape index (κ3) is 6.58. The largest absolute Gasteiger partial charge is 0.500 e. The number of benzene rings is 4. The van der Waals surface area contributed by atoms with Crippen LogP contribution in [-0.2, 0) is 25.5 Å². The van der Waals surface area contributed by atoms with Gasteiger partial charge in [0, 0.05) is 58.4 Å². The molecule has 253 valence electrons. The van der Waals surface area contributed by atoms with Crippen molar-refractivity contribution in [3.05, 3.63) is 142 Å². The Morgan fingerprint density at radius 1 is 0.700 bits per heavy atom. The molecule has 8 rings (SSSR count). The summed E-state index contributed by atoms with van der Waals surface area (Å²) in [6.07, 6.45) is 3.92. The van der Waals surface area contributed by atoms with E-state index < -0.39 is 0 Å². The quantitative estimate of drug-likeness (QED) is 0.166. The van der Waals surface area contributed by atoms with Crippen molar-refractivity contribution in [1.29, 1.82) is 0 Å². The van der Waals surface area contributed by atoms with Crippen LogP contribution in [0.1, 0.15) is 53.5 Å². The van der Waals surface area contributed by atoms with Gasteiger partial charge in [-0.1, -0.05) is 74.2 Å². The Kier molecular flexibility index (Phi) is 9.97. The monoisotopic (exact) mass is 849 g/mol. The van der Waals surface area contributed by atoms with E-state index in [2.05, 4.69) is 114 Å². The van der Waals surface area contributed by atoms with Crippen LogP contribution in [0.2, 0.25) is 0 Å². The fourth-order valence-corrected chi connectivity index (χ4v) is 7.73. The van der Waals surface area contributed by atoms with Crippen molar-refractivity contribution in [3.8, 4) is 33.6 Å². The number of rotatable bonds is 3. The molecule has 0 aliphatic heterocycles. The number of hydrogen-bond acceptors (Lipinski definition) is 4. The molecule has 0 aliphatic rings. The van der Waals surface area contributed by atoms with Crippen molar-refractivity contribution >= 4 is 43.4 Å². The first kappa shape index (κ1) is 35.4. The van der Waals surface area contributed by atoms with E-state index in [1.807, 2.05) is 67.1 Å². The van der Waals surface area contributed by atoms with Gasteiger partial charge in [-0.25, -0.2) is 0 Å². The number of furan rings is 1. The standard InChI is InChI=1S/C33H30NOS.C12H10N.Ir/c1-18-10-8-11-19(2)29(18)25-17-34-27(16-26(25)33(5,6)7)24-13-9-12-22-23-14-15-28-30(20(3)21(4)36-28)32(23)35-31(22)24;1-10-7-8-12(13-9-10)11-5-3-2-4-6-11;/h8-12,14-17H,1-7H3;2-5,7-9H,1H3;/q2*-1;. The third-order valence-corrected chi connectivity index (χ3v) is 10.5. The Morgan fingerprint density at radius 3 is 2.12 bits per heavy atom. The number of nitrogens with zero attached hydrogens (tertiary/aromatic N) is 2. The molecule has 0 bridgehead atoms. The predicted molar refractivity (Wildman–Crippen MR) is 207 cm³/mol. The minimum atomic E-state index is -0.0546. The summed E-state index contributed by atoms with van der Waals surface area (Å²) >= 11 is 1.83. The number of aryl methyl sites for hydroxylation is 5. The molecule has 3 nitrogen and oxygen atoms in total. The summed E-state index contributed by atoms with van der Waals surface area (Å²) in [5.74, 6) is 0. The maximum absolute atomic E-state index is 6.66. The molecule has 0 unspecified atom stereocenters. The molecule has 0 fully saturated rings. The van der Waals surface area contributed by atoms with Crippen molar-refractivity contribution in [2.45, 2.75) is 60.8 Å². The zero-order valence-electron chi connectivity index (χ0n) is 29.8. The second-order valence-electron chi connectivity index (χ2n) is 13.9. The molecule has 5 heteroatoms. The number of pyridine rings is 2. The maximum Gasteiger partial charge on any atom is 0.129 e. The van der Waals surface area contributed by atoms with Gasteiger partial charge in [0.15, 0.2) is 0 Å². The maximum atomic E-state index is 6.66. The summed E-state index contributed by atoms with van der Waals surface area (Å²) in [5, 5.41) is 3.49. The molecule has 4 aromatic heterocycles. The van der Waals surface area contributed by atoms with Crippen molar-refractivity contribution in [3.63, 3.8) is 0 Å². The average Bonchev–Trinajstić information content (AvgIpc) is 3.61. The Labute approximate surface area is 312 Å². The number of fused-ring (bicyclic) bond motifs is 5. The van der Waals surface area contributed by atoms with E-state index in [4.69, 9.17) is 9.40 Å². The van der Waals surface area contributed by atoms with Crippen molar-refractivity contribution in [2.24, 2.45) is 0 Å². The van der Waals surface area contributed by atoms with Crippen LogP contribution in [0.4, 0.5) is 0 Å². The summed E-state index contributed by atoms with van der Waals surface area (Å²) in [6, 6.07) is 35.8. The van der Waals surface area contributed by atoms with Gasteiger partial charge in [-0.3, -0.25) is 0 Å². The van der Waals surface area contributed by atoms with Gasteiger partial charge in [0.2, 0.25) is 0 Å². The zero-order chi connectivity index (χ0) is 34.4. The van der Waals surface area contributed by atoms with Crippen molar-refractivity contribution in [2.75, 3.05) is 0 Å². The second kappa shape index (κ2) is 14.1. The molecule has 0 aliphatic carbocycles. The van der Waals surface area contributed by atoms with E-state index in [0.29, 0.717) is 0 Å². The molecule has 0 saturated heterocycles. The van der Waals surface area contributed by atoms with Gasteiger partial charge in [0.1, 0.15) is 5.58 Å². The Hall–Kier alpha value is -4.41. The van der Waals surface area contributed by atoms with Crippen LogP contribution in [-0.4, -0.2) is 9.97 Å². The summed E-state index contributed by atoms with van der Waals surface area (Å²) in [4.78, 5) is 10.7. The van der Waals surface area contributed by atoms with E-state index in [-0.39, 0.29) is 25.5 Å². The van der Waals surface area contributed by atoms with Crippen LogP contribution in [0.5, 0.6) is 0 Å². The summed E-state index contributed by atoms with van der Waals surface area (Å²) in [6.45, 7) is 17.6. The molecule has 0 spiro atoms. The third-order valence-electron chi connectivity index (χ3n) is 9.34. The fourth-order valence-electron chi connectivity index (χ4n) is 6.67. The molecule has 4 heterocycles. The van der Waals surface area contributed by atoms with E-state index in [1.165, 1.54) is 53.9 Å². The average molecular weight is 849 g/mol. The number of thiophene rings is 1. The second-order valence-corrected chi connectivity index (χ2v) is 15.2. The van der Waals surface area contributed by atoms with Crippen molar-refractivity contribution in [1.82, 2.24) is 9.97 Å². The van der Waals surface area contributed by atoms with Gasteiger partial charge in [-0.15, -0.1) is 65.4 Å². The molecular weight excluding hydrogens is 809 g/mol. The predicted octanol–water partition coefficient (Wildman–Crippen LogP) is 12.7. The molecule has 0 atom stereocenters. The zero-order valence-corrected chi connectivity index (χ0v) is 33.0. The molecule has 8 aromatic rings. The number of hydrogen-bond donors (Lipinski definition) is 0. The Morgan fingerprint density at radius 2 is 1.44 bits per heavy atom. The van der Waals surface area contributed by atoms with Gasteiger partial charge in [0.05, 0.1) is 5.58 Å². The van der Waals surface area contributed by atoms with Crippen LogP contribution in [0, 0.1) is 46.8 Å². The van der Waals surface area contributed by atoms with Crippen LogP contribution < -0.4 is 0 Å². The Bertz CT molecular complexity index is 2450. The molecule has 1 radical (unpaired) electrons. The molecule has 0 N–H and O–H groups in total. The normalized spacial score (nSPS) is 11.4. The molecule has 0 saturated carbocycles. The SMILES string of the molecule is Cc1ccc(-c2[c-]cccc2)nc1.Cc1cccc(C)c1-c1cnc(-c2[c-]ccc3c2oc2c3ccc3sc(C)c(C)c32)cc1C(C)(C)C.[Ir]. The summed E-state index contributed by atoms with van der Waals surface area (Å²) in [7, 11) is 0. The van der Waals surface area contributed by atoms with Crippen LogP contribution >= 0.6 is 11.3 Å². The summed E-state index contributed by atoms with van der Waals surface area (Å²) < 4.78 is 7.93. The van der Waals surface area contributed by atoms with E-state index in [0.717, 1.165) is 44.5 Å². The fraction of sp³-hybridized carbons (Fsp3) is 0.200. The topological polar surface area (TPSA) is 38.9 Å².